The molecule has 0 aromatic heterocycles. The van der Waals surface area contributed by atoms with Gasteiger partial charge in [0.15, 0.2) is 24.1 Å². The van der Waals surface area contributed by atoms with Gasteiger partial charge in [0, 0.05) is 27.7 Å². The van der Waals surface area contributed by atoms with E-state index in [1.54, 1.807) is 6.92 Å². The van der Waals surface area contributed by atoms with Crippen LogP contribution in [-0.2, 0) is 38.1 Å². The monoisotopic (exact) mass is 329 g/mol. The summed E-state index contributed by atoms with van der Waals surface area (Å²) in [5.41, 5.74) is 0. The van der Waals surface area contributed by atoms with Gasteiger partial charge in [-0.2, -0.15) is 0 Å². The molecule has 0 bridgehead atoms. The first-order valence-corrected chi connectivity index (χ1v) is 7.12. The Balaban J connectivity index is 2.26. The maximum atomic E-state index is 11.4. The summed E-state index contributed by atoms with van der Waals surface area (Å²) in [5, 5.41) is 0. The van der Waals surface area contributed by atoms with Gasteiger partial charge in [-0.15, -0.1) is 0 Å². The van der Waals surface area contributed by atoms with Crippen molar-refractivity contribution in [2.24, 2.45) is 4.99 Å². The van der Waals surface area contributed by atoms with Crippen LogP contribution in [0.25, 0.3) is 0 Å². The van der Waals surface area contributed by atoms with Crippen LogP contribution in [0.2, 0.25) is 0 Å². The second-order valence-corrected chi connectivity index (χ2v) is 5.25. The van der Waals surface area contributed by atoms with Gasteiger partial charge in [-0.25, -0.2) is 4.99 Å². The third-order valence-electron chi connectivity index (χ3n) is 3.29. The zero-order chi connectivity index (χ0) is 17.1. The van der Waals surface area contributed by atoms with E-state index in [9.17, 15) is 14.4 Å². The van der Waals surface area contributed by atoms with Crippen molar-refractivity contribution >= 4 is 23.8 Å². The maximum absolute atomic E-state index is 11.4. The molecule has 9 nitrogen and oxygen atoms in total. The lowest BCUT2D eigenvalue weighted by Gasteiger charge is -2.40. The molecule has 0 aromatic rings. The zero-order valence-electron chi connectivity index (χ0n) is 13.3. The predicted molar refractivity (Wildman–Crippen MR) is 74.4 cm³/mol. The molecule has 0 amide bonds. The Hall–Kier alpha value is -2.16. The van der Waals surface area contributed by atoms with E-state index >= 15 is 0 Å². The number of rotatable bonds is 4. The number of esters is 3. The molecule has 2 unspecified atom stereocenters. The Morgan fingerprint density at radius 3 is 2.22 bits per heavy atom. The zero-order valence-corrected chi connectivity index (χ0v) is 13.3. The summed E-state index contributed by atoms with van der Waals surface area (Å²) in [4.78, 5) is 38.1. The van der Waals surface area contributed by atoms with E-state index in [1.807, 2.05) is 0 Å². The summed E-state index contributed by atoms with van der Waals surface area (Å²) in [6.45, 7) is 5.17. The van der Waals surface area contributed by atoms with E-state index in [4.69, 9.17) is 23.7 Å². The van der Waals surface area contributed by atoms with Crippen molar-refractivity contribution < 1.29 is 38.1 Å². The minimum atomic E-state index is -0.963. The number of nitrogens with zero attached hydrogens (tertiary/aromatic N) is 1. The number of hydrogen-bond donors (Lipinski definition) is 0. The van der Waals surface area contributed by atoms with Crippen molar-refractivity contribution in [2.45, 2.75) is 58.3 Å². The van der Waals surface area contributed by atoms with Gasteiger partial charge in [0.2, 0.25) is 6.29 Å². The van der Waals surface area contributed by atoms with Gasteiger partial charge in [0.05, 0.1) is 0 Å². The predicted octanol–water partition coefficient (Wildman–Crippen LogP) is -0.0450. The Labute approximate surface area is 132 Å². The summed E-state index contributed by atoms with van der Waals surface area (Å²) < 4.78 is 26.5. The highest BCUT2D eigenvalue weighted by atomic mass is 16.7. The molecule has 2 rings (SSSR count). The number of hydrogen-bond acceptors (Lipinski definition) is 9. The highest BCUT2D eigenvalue weighted by Gasteiger charge is 2.53. The Kier molecular flexibility index (Phi) is 5.19. The van der Waals surface area contributed by atoms with Crippen LogP contribution in [0.5, 0.6) is 0 Å². The first-order chi connectivity index (χ1) is 10.8. The van der Waals surface area contributed by atoms with E-state index in [0.29, 0.717) is 5.90 Å². The maximum Gasteiger partial charge on any atom is 0.303 e. The Bertz CT molecular complexity index is 531. The second kappa shape index (κ2) is 6.95. The van der Waals surface area contributed by atoms with Crippen LogP contribution in [0.1, 0.15) is 27.7 Å². The molecule has 0 radical (unpaired) electrons. The third-order valence-corrected chi connectivity index (χ3v) is 3.29. The molecule has 128 valence electrons. The van der Waals surface area contributed by atoms with Crippen LogP contribution < -0.4 is 0 Å². The SMILES string of the molecule is CC(=O)OC[C@H]1O[C@H]2OC(C)=NC2C(OC(C)=O)[C@H]1OC(C)=O. The van der Waals surface area contributed by atoms with Gasteiger partial charge in [-0.05, 0) is 0 Å². The molecule has 0 aromatic carbocycles. The summed E-state index contributed by atoms with van der Waals surface area (Å²) in [5.74, 6) is -1.28. The summed E-state index contributed by atoms with van der Waals surface area (Å²) in [7, 11) is 0. The highest BCUT2D eigenvalue weighted by Crippen LogP contribution is 2.32. The van der Waals surface area contributed by atoms with Crippen molar-refractivity contribution in [3.05, 3.63) is 0 Å². The summed E-state index contributed by atoms with van der Waals surface area (Å²) >= 11 is 0. The molecule has 0 aliphatic carbocycles. The van der Waals surface area contributed by atoms with Crippen molar-refractivity contribution in [2.75, 3.05) is 6.61 Å². The lowest BCUT2D eigenvalue weighted by molar-refractivity contribution is -0.249. The molecule has 23 heavy (non-hydrogen) atoms. The normalized spacial score (nSPS) is 32.2. The molecule has 2 aliphatic heterocycles. The molecular weight excluding hydrogens is 310 g/mol. The van der Waals surface area contributed by atoms with Gasteiger partial charge < -0.3 is 23.7 Å². The lowest BCUT2D eigenvalue weighted by atomic mass is 9.97. The number of carbonyl (C=O) groups is 3. The number of carbonyl (C=O) groups excluding carboxylic acids is 3. The Morgan fingerprint density at radius 2 is 1.65 bits per heavy atom. The quantitative estimate of drug-likeness (QED) is 0.522. The van der Waals surface area contributed by atoms with Crippen molar-refractivity contribution in [3.8, 4) is 0 Å². The largest absolute Gasteiger partial charge is 0.463 e. The fourth-order valence-electron chi connectivity index (χ4n) is 2.53. The van der Waals surface area contributed by atoms with Gasteiger partial charge in [0.1, 0.15) is 12.7 Å². The summed E-state index contributed by atoms with van der Waals surface area (Å²) in [6.07, 6.45) is -3.50. The Morgan fingerprint density at radius 1 is 1.04 bits per heavy atom. The molecule has 2 heterocycles. The van der Waals surface area contributed by atoms with Crippen LogP contribution in [0.15, 0.2) is 4.99 Å². The average molecular weight is 329 g/mol. The molecule has 5 atom stereocenters. The van der Waals surface area contributed by atoms with E-state index in [1.165, 1.54) is 20.8 Å². The molecule has 0 saturated carbocycles. The second-order valence-electron chi connectivity index (χ2n) is 5.25. The first kappa shape index (κ1) is 17.2. The van der Waals surface area contributed by atoms with Crippen molar-refractivity contribution in [3.63, 3.8) is 0 Å². The smallest absolute Gasteiger partial charge is 0.303 e. The van der Waals surface area contributed by atoms with E-state index in [0.717, 1.165) is 0 Å². The van der Waals surface area contributed by atoms with Crippen LogP contribution in [0.3, 0.4) is 0 Å². The molecule has 2 aliphatic rings. The molecule has 0 N–H and O–H groups in total. The lowest BCUT2D eigenvalue weighted by Crippen LogP contribution is -2.60. The fraction of sp³-hybridized carbons (Fsp3) is 0.714. The summed E-state index contributed by atoms with van der Waals surface area (Å²) in [6, 6.07) is -0.656. The van der Waals surface area contributed by atoms with Crippen molar-refractivity contribution in [1.29, 1.82) is 0 Å². The molecule has 1 saturated heterocycles. The van der Waals surface area contributed by atoms with Crippen LogP contribution in [0, 0.1) is 0 Å². The van der Waals surface area contributed by atoms with Crippen LogP contribution in [0.4, 0.5) is 0 Å². The molecule has 0 spiro atoms. The van der Waals surface area contributed by atoms with Gasteiger partial charge in [-0.3, -0.25) is 14.4 Å². The fourth-order valence-corrected chi connectivity index (χ4v) is 2.53. The van der Waals surface area contributed by atoms with Gasteiger partial charge in [-0.1, -0.05) is 0 Å². The number of aliphatic imine (C=N–C) groups is 1. The van der Waals surface area contributed by atoms with Crippen LogP contribution >= 0.6 is 0 Å². The standard InChI is InChI=1S/C14H19NO8/c1-6-15-11-13(22-9(4)18)12(21-8(3)17)10(5-19-7(2)16)23-14(11)20-6/h10-14H,5H2,1-4H3/t10-,11?,12+,13?,14-/m1/s1. The molecular formula is C14H19NO8. The number of ether oxygens (including phenoxy) is 5. The first-order valence-electron chi connectivity index (χ1n) is 7.12. The minimum absolute atomic E-state index is 0.170. The molecule has 9 heteroatoms. The number of fused-ring (bicyclic) bond motifs is 1. The van der Waals surface area contributed by atoms with Crippen molar-refractivity contribution in [1.82, 2.24) is 0 Å². The average Bonchev–Trinajstić information content (AvgIpc) is 2.78. The van der Waals surface area contributed by atoms with E-state index in [-0.39, 0.29) is 6.61 Å². The van der Waals surface area contributed by atoms with Gasteiger partial charge in [0.25, 0.3) is 0 Å². The van der Waals surface area contributed by atoms with Crippen LogP contribution in [-0.4, -0.2) is 61.1 Å². The topological polar surface area (TPSA) is 110 Å². The van der Waals surface area contributed by atoms with E-state index < -0.39 is 48.6 Å². The minimum Gasteiger partial charge on any atom is -0.463 e. The third kappa shape index (κ3) is 4.19. The van der Waals surface area contributed by atoms with E-state index in [2.05, 4.69) is 4.99 Å². The highest BCUT2D eigenvalue weighted by molar-refractivity contribution is 5.75. The van der Waals surface area contributed by atoms with Gasteiger partial charge >= 0.3 is 17.9 Å². The molecule has 1 fully saturated rings.